The van der Waals surface area contributed by atoms with Gasteiger partial charge in [-0.05, 0) is 25.5 Å². The van der Waals surface area contributed by atoms with Gasteiger partial charge in [0.1, 0.15) is 5.69 Å². The number of nitrogens with one attached hydrogen (secondary N) is 1. The van der Waals surface area contributed by atoms with Crippen LogP contribution in [0.2, 0.25) is 0 Å². The summed E-state index contributed by atoms with van der Waals surface area (Å²) in [5.74, 6) is -0.293. The smallest absolute Gasteiger partial charge is 0.276 e. The highest BCUT2D eigenvalue weighted by atomic mass is 32.1. The van der Waals surface area contributed by atoms with E-state index < -0.39 is 0 Å². The summed E-state index contributed by atoms with van der Waals surface area (Å²) in [6.07, 6.45) is 2.36. The van der Waals surface area contributed by atoms with E-state index in [0.29, 0.717) is 16.5 Å². The second-order valence-corrected chi connectivity index (χ2v) is 5.01. The Kier molecular flexibility index (Phi) is 3.57. The predicted octanol–water partition coefficient (Wildman–Crippen LogP) is 2.24. The van der Waals surface area contributed by atoms with E-state index in [1.54, 1.807) is 6.07 Å². The van der Waals surface area contributed by atoms with Crippen LogP contribution in [-0.2, 0) is 6.42 Å². The van der Waals surface area contributed by atoms with Crippen LogP contribution in [0.5, 0.6) is 0 Å². The van der Waals surface area contributed by atoms with Gasteiger partial charge in [0.05, 0.1) is 5.69 Å². The molecule has 0 atom stereocenters. The van der Waals surface area contributed by atoms with Crippen molar-refractivity contribution in [3.8, 4) is 0 Å². The highest BCUT2D eigenvalue weighted by Gasteiger charge is 2.12. The van der Waals surface area contributed by atoms with Crippen molar-refractivity contribution < 1.29 is 4.79 Å². The summed E-state index contributed by atoms with van der Waals surface area (Å²) < 4.78 is 0. The molecule has 0 aromatic carbocycles. The second-order valence-electron chi connectivity index (χ2n) is 3.80. The number of nitrogen functional groups attached to an aromatic ring is 1. The van der Waals surface area contributed by atoms with E-state index >= 15 is 0 Å². The van der Waals surface area contributed by atoms with Crippen molar-refractivity contribution in [3.05, 3.63) is 34.6 Å². The third-order valence-electron chi connectivity index (χ3n) is 2.46. The summed E-state index contributed by atoms with van der Waals surface area (Å²) in [5.41, 5.74) is 7.42. The molecule has 0 spiro atoms. The average molecular weight is 262 g/mol. The minimum absolute atomic E-state index is 0.293. The molecule has 18 heavy (non-hydrogen) atoms. The van der Waals surface area contributed by atoms with Gasteiger partial charge in [0.25, 0.3) is 5.91 Å². The standard InChI is InChI=1S/C12H14N4OS/c1-3-9-7(2)18-12(15-9)16-11(17)10-6-8(13)4-5-14-10/h4-6H,3H2,1-2H3,(H2,13,14)(H,15,16,17). The van der Waals surface area contributed by atoms with Crippen LogP contribution in [0.15, 0.2) is 18.3 Å². The first-order valence-electron chi connectivity index (χ1n) is 5.59. The van der Waals surface area contributed by atoms with Gasteiger partial charge in [-0.2, -0.15) is 0 Å². The molecule has 0 saturated carbocycles. The molecule has 5 nitrogen and oxygen atoms in total. The van der Waals surface area contributed by atoms with Crippen LogP contribution in [0.1, 0.15) is 28.0 Å². The number of thiazole rings is 1. The zero-order valence-electron chi connectivity index (χ0n) is 10.2. The lowest BCUT2D eigenvalue weighted by Crippen LogP contribution is -2.13. The predicted molar refractivity (Wildman–Crippen MR) is 72.8 cm³/mol. The van der Waals surface area contributed by atoms with E-state index in [-0.39, 0.29) is 5.91 Å². The van der Waals surface area contributed by atoms with Gasteiger partial charge in [-0.25, -0.2) is 4.98 Å². The van der Waals surface area contributed by atoms with E-state index in [4.69, 9.17) is 5.73 Å². The summed E-state index contributed by atoms with van der Waals surface area (Å²) in [6, 6.07) is 3.18. The van der Waals surface area contributed by atoms with Crippen LogP contribution in [0, 0.1) is 6.92 Å². The first kappa shape index (κ1) is 12.5. The highest BCUT2D eigenvalue weighted by Crippen LogP contribution is 2.22. The first-order chi connectivity index (χ1) is 8.60. The Bertz CT molecular complexity index is 579. The molecule has 2 rings (SSSR count). The molecule has 0 radical (unpaired) electrons. The average Bonchev–Trinajstić information content (AvgIpc) is 2.69. The Hall–Kier alpha value is -1.95. The van der Waals surface area contributed by atoms with E-state index in [0.717, 1.165) is 17.0 Å². The number of carbonyl (C=O) groups excluding carboxylic acids is 1. The highest BCUT2D eigenvalue weighted by molar-refractivity contribution is 7.15. The van der Waals surface area contributed by atoms with Crippen molar-refractivity contribution in [1.82, 2.24) is 9.97 Å². The zero-order valence-corrected chi connectivity index (χ0v) is 11.0. The minimum Gasteiger partial charge on any atom is -0.399 e. The van der Waals surface area contributed by atoms with Crippen LogP contribution >= 0.6 is 11.3 Å². The van der Waals surface area contributed by atoms with Gasteiger partial charge in [-0.3, -0.25) is 15.1 Å². The number of hydrogen-bond acceptors (Lipinski definition) is 5. The number of rotatable bonds is 3. The molecular formula is C12H14N4OS. The third kappa shape index (κ3) is 2.65. The molecule has 0 saturated heterocycles. The van der Waals surface area contributed by atoms with Crippen molar-refractivity contribution >= 4 is 28.1 Å². The molecule has 0 aliphatic carbocycles. The van der Waals surface area contributed by atoms with E-state index in [1.807, 2.05) is 13.8 Å². The molecule has 2 aromatic rings. The Labute approximate surface area is 109 Å². The topological polar surface area (TPSA) is 80.9 Å². The lowest BCUT2D eigenvalue weighted by molar-refractivity contribution is 0.102. The molecule has 2 aromatic heterocycles. The van der Waals surface area contributed by atoms with E-state index in [9.17, 15) is 4.79 Å². The number of aryl methyl sites for hydroxylation is 2. The molecule has 0 bridgehead atoms. The fourth-order valence-corrected chi connectivity index (χ4v) is 2.44. The van der Waals surface area contributed by atoms with Gasteiger partial charge in [0.2, 0.25) is 0 Å². The van der Waals surface area contributed by atoms with Gasteiger partial charge < -0.3 is 5.73 Å². The monoisotopic (exact) mass is 262 g/mol. The normalized spacial score (nSPS) is 10.3. The fraction of sp³-hybridized carbons (Fsp3) is 0.250. The first-order valence-corrected chi connectivity index (χ1v) is 6.41. The Morgan fingerprint density at radius 3 is 2.94 bits per heavy atom. The van der Waals surface area contributed by atoms with Crippen LogP contribution < -0.4 is 11.1 Å². The lowest BCUT2D eigenvalue weighted by atomic mass is 10.3. The molecule has 1 amide bonds. The van der Waals surface area contributed by atoms with Crippen LogP contribution in [0.3, 0.4) is 0 Å². The number of aromatic nitrogens is 2. The summed E-state index contributed by atoms with van der Waals surface area (Å²) in [5, 5.41) is 3.33. The maximum Gasteiger partial charge on any atom is 0.276 e. The van der Waals surface area contributed by atoms with Crippen LogP contribution in [-0.4, -0.2) is 15.9 Å². The largest absolute Gasteiger partial charge is 0.399 e. The fourth-order valence-electron chi connectivity index (χ4n) is 1.54. The lowest BCUT2D eigenvalue weighted by Gasteiger charge is -2.01. The molecule has 0 unspecified atom stereocenters. The molecule has 2 heterocycles. The number of amides is 1. The van der Waals surface area contributed by atoms with Gasteiger partial charge in [0, 0.05) is 16.8 Å². The molecule has 6 heteroatoms. The van der Waals surface area contributed by atoms with Gasteiger partial charge >= 0.3 is 0 Å². The number of nitrogens with two attached hydrogens (primary N) is 1. The van der Waals surface area contributed by atoms with Crippen LogP contribution in [0.4, 0.5) is 10.8 Å². The van der Waals surface area contributed by atoms with Crippen molar-refractivity contribution in [2.75, 3.05) is 11.1 Å². The number of nitrogens with zero attached hydrogens (tertiary/aromatic N) is 2. The molecule has 0 fully saturated rings. The minimum atomic E-state index is -0.293. The molecule has 94 valence electrons. The van der Waals surface area contributed by atoms with Gasteiger partial charge in [-0.15, -0.1) is 11.3 Å². The summed E-state index contributed by atoms with van der Waals surface area (Å²) in [6.45, 7) is 4.03. The number of anilines is 2. The third-order valence-corrected chi connectivity index (χ3v) is 3.39. The SMILES string of the molecule is CCc1nc(NC(=O)c2cc(N)ccn2)sc1C. The van der Waals surface area contributed by atoms with E-state index in [1.165, 1.54) is 23.6 Å². The van der Waals surface area contributed by atoms with Crippen molar-refractivity contribution in [1.29, 1.82) is 0 Å². The molecule has 0 aliphatic rings. The van der Waals surface area contributed by atoms with Crippen LogP contribution in [0.25, 0.3) is 0 Å². The second kappa shape index (κ2) is 5.14. The molecule has 0 aliphatic heterocycles. The Morgan fingerprint density at radius 2 is 2.33 bits per heavy atom. The summed E-state index contributed by atoms with van der Waals surface area (Å²) >= 11 is 1.46. The van der Waals surface area contributed by atoms with Crippen molar-refractivity contribution in [2.24, 2.45) is 0 Å². The number of hydrogen-bond donors (Lipinski definition) is 2. The Morgan fingerprint density at radius 1 is 1.56 bits per heavy atom. The van der Waals surface area contributed by atoms with Gasteiger partial charge in [-0.1, -0.05) is 6.92 Å². The maximum absolute atomic E-state index is 11.9. The molecule has 3 N–H and O–H groups in total. The maximum atomic E-state index is 11.9. The van der Waals surface area contributed by atoms with E-state index in [2.05, 4.69) is 15.3 Å². The van der Waals surface area contributed by atoms with Crippen molar-refractivity contribution in [2.45, 2.75) is 20.3 Å². The summed E-state index contributed by atoms with van der Waals surface area (Å²) in [4.78, 5) is 21.3. The van der Waals surface area contributed by atoms with Crippen molar-refractivity contribution in [3.63, 3.8) is 0 Å². The van der Waals surface area contributed by atoms with Gasteiger partial charge in [0.15, 0.2) is 5.13 Å². The number of pyridine rings is 1. The quantitative estimate of drug-likeness (QED) is 0.889. The zero-order chi connectivity index (χ0) is 13.1. The summed E-state index contributed by atoms with van der Waals surface area (Å²) in [7, 11) is 0. The molecular weight excluding hydrogens is 248 g/mol. The number of carbonyl (C=O) groups is 1. The Balaban J connectivity index is 2.16.